The van der Waals surface area contributed by atoms with Crippen LogP contribution in [0, 0.1) is 5.41 Å². The van der Waals surface area contributed by atoms with Gasteiger partial charge in [0.25, 0.3) is 0 Å². The highest BCUT2D eigenvalue weighted by Gasteiger charge is 2.45. The molecule has 1 aromatic carbocycles. The number of carbonyl (C=O) groups excluding carboxylic acids is 2. The van der Waals surface area contributed by atoms with Gasteiger partial charge in [-0.25, -0.2) is 0 Å². The van der Waals surface area contributed by atoms with Crippen LogP contribution in [0.25, 0.3) is 10.9 Å². The van der Waals surface area contributed by atoms with Crippen LogP contribution < -0.4 is 5.32 Å². The molecule has 1 spiro atoms. The van der Waals surface area contributed by atoms with E-state index in [1.165, 1.54) is 19.3 Å². The van der Waals surface area contributed by atoms with Gasteiger partial charge in [-0.05, 0) is 48.9 Å². The molecule has 2 aromatic rings. The van der Waals surface area contributed by atoms with Crippen LogP contribution >= 0.6 is 0 Å². The van der Waals surface area contributed by atoms with Crippen LogP contribution in [0.2, 0.25) is 0 Å². The number of hydrogen-bond donors (Lipinski definition) is 2. The van der Waals surface area contributed by atoms with E-state index >= 15 is 0 Å². The van der Waals surface area contributed by atoms with E-state index in [1.54, 1.807) is 11.0 Å². The number of nitrogens with zero attached hydrogens (tertiary/aromatic N) is 1. The Hall–Kier alpha value is -2.30. The number of H-pyrrole nitrogens is 1. The van der Waals surface area contributed by atoms with Gasteiger partial charge in [-0.3, -0.25) is 9.59 Å². The average Bonchev–Trinajstić information content (AvgIpc) is 3.12. The molecule has 1 aromatic heterocycles. The van der Waals surface area contributed by atoms with Crippen molar-refractivity contribution in [3.63, 3.8) is 0 Å². The van der Waals surface area contributed by atoms with Crippen molar-refractivity contribution in [1.82, 2.24) is 9.88 Å². The summed E-state index contributed by atoms with van der Waals surface area (Å²) in [5.41, 5.74) is 1.98. The molecule has 2 aliphatic rings. The number of carbonyl (C=O) groups is 2. The maximum atomic E-state index is 12.3. The van der Waals surface area contributed by atoms with Gasteiger partial charge in [0, 0.05) is 35.9 Å². The molecule has 2 N–H and O–H groups in total. The van der Waals surface area contributed by atoms with E-state index in [0.717, 1.165) is 23.9 Å². The number of rotatable bonds is 1. The Balaban J connectivity index is 1.44. The molecule has 1 saturated carbocycles. The summed E-state index contributed by atoms with van der Waals surface area (Å²) in [7, 11) is 0. The van der Waals surface area contributed by atoms with Gasteiger partial charge in [0.15, 0.2) is 0 Å². The molecule has 5 heteroatoms. The van der Waals surface area contributed by atoms with Gasteiger partial charge in [-0.15, -0.1) is 0 Å². The first-order valence-corrected chi connectivity index (χ1v) is 7.83. The largest absolute Gasteiger partial charge is 0.361 e. The maximum absolute atomic E-state index is 12.3. The third kappa shape index (κ3) is 2.17. The van der Waals surface area contributed by atoms with Gasteiger partial charge in [-0.2, -0.15) is 0 Å². The molecule has 1 aliphatic carbocycles. The summed E-state index contributed by atoms with van der Waals surface area (Å²) in [5, 5.41) is 3.73. The first kappa shape index (κ1) is 13.4. The van der Waals surface area contributed by atoms with Crippen LogP contribution in [-0.2, 0) is 9.59 Å². The SMILES string of the molecule is O=C(Nc1ccc2[nH]ccc2c1)C(=O)N1CCC2(CCC2)C1. The number of likely N-dealkylation sites (tertiary alicyclic amines) is 1. The lowest BCUT2D eigenvalue weighted by molar-refractivity contribution is -0.142. The van der Waals surface area contributed by atoms with Gasteiger partial charge >= 0.3 is 11.8 Å². The number of amides is 2. The molecule has 2 fully saturated rings. The highest BCUT2D eigenvalue weighted by Crippen LogP contribution is 2.47. The second-order valence-electron chi connectivity index (χ2n) is 6.56. The van der Waals surface area contributed by atoms with E-state index in [9.17, 15) is 9.59 Å². The maximum Gasteiger partial charge on any atom is 0.313 e. The highest BCUT2D eigenvalue weighted by molar-refractivity contribution is 6.39. The molecule has 0 bridgehead atoms. The zero-order valence-corrected chi connectivity index (χ0v) is 12.4. The molecule has 1 saturated heterocycles. The highest BCUT2D eigenvalue weighted by atomic mass is 16.2. The predicted octanol–water partition coefficient (Wildman–Crippen LogP) is 2.51. The zero-order valence-electron chi connectivity index (χ0n) is 12.4. The number of benzene rings is 1. The number of fused-ring (bicyclic) bond motifs is 1. The van der Waals surface area contributed by atoms with Crippen LogP contribution in [0.1, 0.15) is 25.7 Å². The van der Waals surface area contributed by atoms with E-state index in [-0.39, 0.29) is 0 Å². The fourth-order valence-electron chi connectivity index (χ4n) is 3.65. The molecule has 0 unspecified atom stereocenters. The lowest BCUT2D eigenvalue weighted by Crippen LogP contribution is -2.41. The average molecular weight is 297 g/mol. The van der Waals surface area contributed by atoms with Gasteiger partial charge in [0.05, 0.1) is 0 Å². The summed E-state index contributed by atoms with van der Waals surface area (Å²) in [4.78, 5) is 29.3. The Kier molecular flexibility index (Phi) is 2.96. The second-order valence-corrected chi connectivity index (χ2v) is 6.56. The molecule has 4 rings (SSSR count). The Labute approximate surface area is 128 Å². The molecular formula is C17H19N3O2. The second kappa shape index (κ2) is 4.87. The van der Waals surface area contributed by atoms with E-state index in [1.807, 2.05) is 24.4 Å². The summed E-state index contributed by atoms with van der Waals surface area (Å²) in [6, 6.07) is 7.51. The molecule has 22 heavy (non-hydrogen) atoms. The third-order valence-corrected chi connectivity index (χ3v) is 5.15. The first-order chi connectivity index (χ1) is 10.7. The molecule has 2 amide bonds. The van der Waals surface area contributed by atoms with Gasteiger partial charge in [0.1, 0.15) is 0 Å². The topological polar surface area (TPSA) is 65.2 Å². The van der Waals surface area contributed by atoms with Crippen molar-refractivity contribution in [2.75, 3.05) is 18.4 Å². The summed E-state index contributed by atoms with van der Waals surface area (Å²) < 4.78 is 0. The zero-order chi connectivity index (χ0) is 15.2. The van der Waals surface area contributed by atoms with Crippen molar-refractivity contribution in [3.8, 4) is 0 Å². The third-order valence-electron chi connectivity index (χ3n) is 5.15. The molecule has 0 atom stereocenters. The van der Waals surface area contributed by atoms with Gasteiger partial charge in [-0.1, -0.05) is 6.42 Å². The monoisotopic (exact) mass is 297 g/mol. The Morgan fingerprint density at radius 3 is 2.77 bits per heavy atom. The first-order valence-electron chi connectivity index (χ1n) is 7.83. The number of aromatic nitrogens is 1. The van der Waals surface area contributed by atoms with Crippen LogP contribution in [0.4, 0.5) is 5.69 Å². The van der Waals surface area contributed by atoms with E-state index in [4.69, 9.17) is 0 Å². The molecule has 1 aliphatic heterocycles. The number of aromatic amines is 1. The number of anilines is 1. The summed E-state index contributed by atoms with van der Waals surface area (Å²) in [6.45, 7) is 1.46. The minimum absolute atomic E-state index is 0.319. The van der Waals surface area contributed by atoms with Crippen molar-refractivity contribution in [3.05, 3.63) is 30.5 Å². The molecule has 114 valence electrons. The van der Waals surface area contributed by atoms with Crippen molar-refractivity contribution in [1.29, 1.82) is 0 Å². The van der Waals surface area contributed by atoms with Crippen LogP contribution in [-0.4, -0.2) is 34.8 Å². The van der Waals surface area contributed by atoms with Crippen LogP contribution in [0.5, 0.6) is 0 Å². The molecule has 5 nitrogen and oxygen atoms in total. The molecule has 2 heterocycles. The smallest absolute Gasteiger partial charge is 0.313 e. The van der Waals surface area contributed by atoms with E-state index in [2.05, 4.69) is 10.3 Å². The van der Waals surface area contributed by atoms with Crippen LogP contribution in [0.15, 0.2) is 30.5 Å². The Morgan fingerprint density at radius 2 is 2.05 bits per heavy atom. The lowest BCUT2D eigenvalue weighted by atomic mass is 9.68. The van der Waals surface area contributed by atoms with Gasteiger partial charge in [0.2, 0.25) is 0 Å². The molecular weight excluding hydrogens is 278 g/mol. The minimum Gasteiger partial charge on any atom is -0.361 e. The lowest BCUT2D eigenvalue weighted by Gasteiger charge is -2.37. The predicted molar refractivity (Wildman–Crippen MR) is 84.4 cm³/mol. The quantitative estimate of drug-likeness (QED) is 0.794. The number of hydrogen-bond acceptors (Lipinski definition) is 2. The van der Waals surface area contributed by atoms with Crippen molar-refractivity contribution in [2.45, 2.75) is 25.7 Å². The number of nitrogens with one attached hydrogen (secondary N) is 2. The summed E-state index contributed by atoms with van der Waals surface area (Å²) in [6.07, 6.45) is 6.54. The Bertz CT molecular complexity index is 745. The Morgan fingerprint density at radius 1 is 1.18 bits per heavy atom. The van der Waals surface area contributed by atoms with Crippen LogP contribution in [0.3, 0.4) is 0 Å². The summed E-state index contributed by atoms with van der Waals surface area (Å²) >= 11 is 0. The van der Waals surface area contributed by atoms with E-state index in [0.29, 0.717) is 17.6 Å². The fourth-order valence-corrected chi connectivity index (χ4v) is 3.65. The van der Waals surface area contributed by atoms with Gasteiger partial charge < -0.3 is 15.2 Å². The van der Waals surface area contributed by atoms with Crippen molar-refractivity contribution < 1.29 is 9.59 Å². The van der Waals surface area contributed by atoms with Crippen molar-refractivity contribution in [2.24, 2.45) is 5.41 Å². The van der Waals surface area contributed by atoms with E-state index < -0.39 is 11.8 Å². The van der Waals surface area contributed by atoms with Crippen molar-refractivity contribution >= 4 is 28.4 Å². The molecule has 0 radical (unpaired) electrons. The normalized spacial score (nSPS) is 19.4. The summed E-state index contributed by atoms with van der Waals surface area (Å²) in [5.74, 6) is -0.941. The standard InChI is InChI=1S/C17H19N3O2/c21-15(16(22)20-9-7-17(11-20)5-1-6-17)19-13-2-3-14-12(10-13)4-8-18-14/h2-4,8,10,18H,1,5-7,9,11H2,(H,19,21). The minimum atomic E-state index is -0.536. The fraction of sp³-hybridized carbons (Fsp3) is 0.412.